The van der Waals surface area contributed by atoms with Crippen molar-refractivity contribution in [3.8, 4) is 0 Å². The summed E-state index contributed by atoms with van der Waals surface area (Å²) in [5.74, 6) is -0.168. The minimum Gasteiger partial charge on any atom is -0.461 e. The van der Waals surface area contributed by atoms with Gasteiger partial charge in [0.2, 0.25) is 6.20 Å². The molecule has 0 spiro atoms. The molecule has 1 aromatic rings. The summed E-state index contributed by atoms with van der Waals surface area (Å²) < 4.78 is 40.2. The molecule has 186 valence electrons. The molecular formula is C24H40N2O6S+2. The Morgan fingerprint density at radius 3 is 2.18 bits per heavy atom. The van der Waals surface area contributed by atoms with Crippen LogP contribution in [0.25, 0.3) is 0 Å². The number of carbonyl (C=O) groups is 1. The third-order valence-electron chi connectivity index (χ3n) is 5.07. The molecule has 0 radical (unpaired) electrons. The standard InChI is InChI=1S/C16H22N2O2.C8H18O4S/c1-3-4-12-20-16(19)13-18(11-10-17(2)14-18)15-8-6-5-7-9-15;1-2-3-4-5-6-7-8-12-13(9,10)11/h5-11,14H,3-4,12-13H2,1-2H3;2-8H2,1H3,(H,9,10,11)/q+2;. The van der Waals surface area contributed by atoms with Crippen LogP contribution in [0, 0.1) is 0 Å². The summed E-state index contributed by atoms with van der Waals surface area (Å²) in [6, 6.07) is 10.00. The third-order valence-corrected chi connectivity index (χ3v) is 5.54. The lowest BCUT2D eigenvalue weighted by Gasteiger charge is -2.22. The summed E-state index contributed by atoms with van der Waals surface area (Å²) in [5.41, 5.74) is 1.06. The van der Waals surface area contributed by atoms with Crippen LogP contribution in [0.5, 0.6) is 0 Å². The molecule has 1 aliphatic rings. The first-order valence-electron chi connectivity index (χ1n) is 11.7. The number of para-hydroxylation sites is 1. The van der Waals surface area contributed by atoms with Gasteiger partial charge in [-0.1, -0.05) is 70.6 Å². The van der Waals surface area contributed by atoms with Gasteiger partial charge in [-0.25, -0.2) is 8.98 Å². The Kier molecular flexibility index (Phi) is 13.8. The molecule has 1 heterocycles. The molecule has 1 atom stereocenters. The minimum atomic E-state index is -4.22. The Morgan fingerprint density at radius 1 is 0.970 bits per heavy atom. The normalized spacial score (nSPS) is 17.3. The summed E-state index contributed by atoms with van der Waals surface area (Å²) in [6.07, 6.45) is 14.3. The molecule has 1 N–H and O–H groups in total. The maximum absolute atomic E-state index is 12.0. The molecule has 8 nitrogen and oxygen atoms in total. The predicted octanol–water partition coefficient (Wildman–Crippen LogP) is 4.66. The van der Waals surface area contributed by atoms with Gasteiger partial charge in [0, 0.05) is 12.1 Å². The van der Waals surface area contributed by atoms with Gasteiger partial charge in [-0.3, -0.25) is 4.55 Å². The highest BCUT2D eigenvalue weighted by Crippen LogP contribution is 2.24. The van der Waals surface area contributed by atoms with Crippen molar-refractivity contribution in [2.75, 3.05) is 26.8 Å². The van der Waals surface area contributed by atoms with Crippen molar-refractivity contribution in [2.45, 2.75) is 65.2 Å². The topological polar surface area (TPSA) is 92.9 Å². The molecule has 0 saturated carbocycles. The predicted molar refractivity (Wildman–Crippen MR) is 131 cm³/mol. The molecule has 1 aliphatic heterocycles. The zero-order chi connectivity index (χ0) is 24.6. The lowest BCUT2D eigenvalue weighted by atomic mass is 10.1. The van der Waals surface area contributed by atoms with Gasteiger partial charge in [0.25, 0.3) is 0 Å². The number of quaternary nitrogens is 1. The number of hydrogen-bond donors (Lipinski definition) is 1. The fourth-order valence-electron chi connectivity index (χ4n) is 3.31. The fraction of sp³-hybridized carbons (Fsp3) is 0.583. The van der Waals surface area contributed by atoms with Crippen LogP contribution in [0.1, 0.15) is 65.2 Å². The summed E-state index contributed by atoms with van der Waals surface area (Å²) in [6.45, 7) is 5.10. The molecule has 9 heteroatoms. The highest BCUT2D eigenvalue weighted by molar-refractivity contribution is 7.80. The number of unbranched alkanes of at least 4 members (excludes halogenated alkanes) is 6. The van der Waals surface area contributed by atoms with E-state index in [0.29, 0.717) is 17.5 Å². The Balaban J connectivity index is 0.000000366. The summed E-state index contributed by atoms with van der Waals surface area (Å²) in [5, 5.41) is 0. The summed E-state index contributed by atoms with van der Waals surface area (Å²) in [4.78, 5) is 12.0. The van der Waals surface area contributed by atoms with E-state index in [0.717, 1.165) is 31.4 Å². The van der Waals surface area contributed by atoms with E-state index in [2.05, 4.69) is 18.0 Å². The van der Waals surface area contributed by atoms with Crippen molar-refractivity contribution in [3.05, 3.63) is 42.7 Å². The zero-order valence-electron chi connectivity index (χ0n) is 20.2. The summed E-state index contributed by atoms with van der Waals surface area (Å²) >= 11 is 0. The van der Waals surface area contributed by atoms with Crippen LogP contribution in [-0.4, -0.2) is 56.7 Å². The van der Waals surface area contributed by atoms with Crippen LogP contribution in [-0.2, 0) is 24.1 Å². The number of esters is 1. The first kappa shape index (κ1) is 29.0. The van der Waals surface area contributed by atoms with Gasteiger partial charge in [0.15, 0.2) is 12.7 Å². The van der Waals surface area contributed by atoms with E-state index < -0.39 is 10.4 Å². The third kappa shape index (κ3) is 12.7. The summed E-state index contributed by atoms with van der Waals surface area (Å²) in [7, 11) is -2.26. The minimum absolute atomic E-state index is 0.0883. The maximum Gasteiger partial charge on any atom is 0.397 e. The second kappa shape index (κ2) is 15.7. The van der Waals surface area contributed by atoms with Crippen molar-refractivity contribution in [1.29, 1.82) is 0 Å². The highest BCUT2D eigenvalue weighted by Gasteiger charge is 2.38. The molecule has 0 aromatic heterocycles. The Labute approximate surface area is 199 Å². The molecule has 33 heavy (non-hydrogen) atoms. The quantitative estimate of drug-likeness (QED) is 0.136. The van der Waals surface area contributed by atoms with Crippen LogP contribution >= 0.6 is 0 Å². The number of nitrogens with zero attached hydrogens (tertiary/aromatic N) is 2. The van der Waals surface area contributed by atoms with Crippen LogP contribution in [0.4, 0.5) is 5.69 Å². The van der Waals surface area contributed by atoms with Gasteiger partial charge in [0.1, 0.15) is 12.7 Å². The zero-order valence-corrected chi connectivity index (χ0v) is 21.0. The molecule has 0 amide bonds. The van der Waals surface area contributed by atoms with Crippen molar-refractivity contribution in [3.63, 3.8) is 0 Å². The largest absolute Gasteiger partial charge is 0.461 e. The van der Waals surface area contributed by atoms with Crippen molar-refractivity contribution in [1.82, 2.24) is 4.48 Å². The van der Waals surface area contributed by atoms with Crippen LogP contribution in [0.2, 0.25) is 0 Å². The van der Waals surface area contributed by atoms with E-state index in [1.807, 2.05) is 60.7 Å². The molecule has 0 bridgehead atoms. The number of ether oxygens (including phenoxy) is 1. The van der Waals surface area contributed by atoms with E-state index in [9.17, 15) is 13.2 Å². The average molecular weight is 485 g/mol. The van der Waals surface area contributed by atoms with E-state index in [4.69, 9.17) is 9.29 Å². The lowest BCUT2D eigenvalue weighted by molar-refractivity contribution is -0.415. The van der Waals surface area contributed by atoms with Gasteiger partial charge in [-0.15, -0.1) is 0 Å². The first-order chi connectivity index (χ1) is 15.7. The van der Waals surface area contributed by atoms with Crippen LogP contribution < -0.4 is 4.48 Å². The SMILES string of the molecule is CCCCCCCCOS(=O)(=O)O.CCCCOC(=O)C[N+]1(c2ccccc2)C=C[N+](C)=C1. The van der Waals surface area contributed by atoms with Gasteiger partial charge < -0.3 is 4.74 Å². The fourth-order valence-corrected chi connectivity index (χ4v) is 3.63. The molecular weight excluding hydrogens is 444 g/mol. The Hall–Kier alpha value is -2.07. The van der Waals surface area contributed by atoms with Gasteiger partial charge in [-0.2, -0.15) is 17.5 Å². The van der Waals surface area contributed by atoms with Gasteiger partial charge in [0.05, 0.1) is 13.2 Å². The molecule has 1 unspecified atom stereocenters. The van der Waals surface area contributed by atoms with Crippen molar-refractivity contribution in [2.24, 2.45) is 0 Å². The first-order valence-corrected chi connectivity index (χ1v) is 13.1. The molecule has 0 fully saturated rings. The average Bonchev–Trinajstić information content (AvgIpc) is 3.15. The van der Waals surface area contributed by atoms with Crippen LogP contribution in [0.15, 0.2) is 42.7 Å². The molecule has 2 rings (SSSR count). The van der Waals surface area contributed by atoms with Gasteiger partial charge >= 0.3 is 22.7 Å². The maximum atomic E-state index is 12.0. The van der Waals surface area contributed by atoms with Crippen molar-refractivity contribution < 1.29 is 31.3 Å². The highest BCUT2D eigenvalue weighted by atomic mass is 32.3. The van der Waals surface area contributed by atoms with Crippen molar-refractivity contribution >= 4 is 28.4 Å². The second-order valence-corrected chi connectivity index (χ2v) is 9.19. The molecule has 0 aliphatic carbocycles. The van der Waals surface area contributed by atoms with E-state index >= 15 is 0 Å². The second-order valence-electron chi connectivity index (χ2n) is 8.09. The Bertz CT molecular complexity index is 855. The smallest absolute Gasteiger partial charge is 0.397 e. The Morgan fingerprint density at radius 2 is 1.61 bits per heavy atom. The molecule has 1 aromatic carbocycles. The number of carbonyl (C=O) groups excluding carboxylic acids is 1. The number of hydrogen-bond acceptors (Lipinski definition) is 5. The monoisotopic (exact) mass is 484 g/mol. The number of rotatable bonds is 14. The van der Waals surface area contributed by atoms with E-state index in [-0.39, 0.29) is 19.1 Å². The van der Waals surface area contributed by atoms with E-state index in [1.54, 1.807) is 0 Å². The lowest BCUT2D eigenvalue weighted by Crippen LogP contribution is -2.46. The van der Waals surface area contributed by atoms with Crippen LogP contribution in [0.3, 0.4) is 0 Å². The van der Waals surface area contributed by atoms with E-state index in [1.165, 1.54) is 19.3 Å². The number of benzene rings is 1. The molecule has 0 saturated heterocycles. The van der Waals surface area contributed by atoms with Gasteiger partial charge in [-0.05, 0) is 12.8 Å².